The summed E-state index contributed by atoms with van der Waals surface area (Å²) in [5.74, 6) is 0.231. The molecule has 3 nitrogen and oxygen atoms in total. The van der Waals surface area contributed by atoms with Gasteiger partial charge in [-0.25, -0.2) is 0 Å². The van der Waals surface area contributed by atoms with Crippen molar-refractivity contribution >= 4 is 17.7 Å². The minimum atomic E-state index is -0.220. The lowest BCUT2D eigenvalue weighted by Crippen LogP contribution is -2.14. The number of benzene rings is 1. The maximum absolute atomic E-state index is 11.2. The van der Waals surface area contributed by atoms with E-state index in [1.165, 1.54) is 18.9 Å². The quantitative estimate of drug-likeness (QED) is 0.594. The minimum Gasteiger partial charge on any atom is -0.469 e. The molecule has 0 heterocycles. The molecule has 0 N–H and O–H groups in total. The van der Waals surface area contributed by atoms with Crippen molar-refractivity contribution in [1.82, 2.24) is 0 Å². The molecule has 0 saturated heterocycles. The number of nitrogens with zero attached hydrogens (tertiary/aromatic N) is 1. The van der Waals surface area contributed by atoms with Crippen LogP contribution in [0.5, 0.6) is 0 Å². The van der Waals surface area contributed by atoms with Crippen LogP contribution in [0.2, 0.25) is 0 Å². The van der Waals surface area contributed by atoms with Gasteiger partial charge in [0.15, 0.2) is 0 Å². The Kier molecular flexibility index (Phi) is 4.87. The zero-order valence-electron chi connectivity index (χ0n) is 9.27. The summed E-state index contributed by atoms with van der Waals surface area (Å²) in [5.41, 5.74) is 0.643. The molecule has 0 aliphatic heterocycles. The molecule has 0 aromatic heterocycles. The highest BCUT2D eigenvalue weighted by atomic mass is 32.2. The standard InChI is InChI=1S/C12H13NO2S/c1-9(12(14)15-2)8-16-11-6-4-3-5-10(11)7-13/h3-6,9H,8H2,1-2H3. The minimum absolute atomic E-state index is 0.165. The van der Waals surface area contributed by atoms with Crippen LogP contribution in [0.15, 0.2) is 29.2 Å². The monoisotopic (exact) mass is 235 g/mol. The number of rotatable bonds is 4. The van der Waals surface area contributed by atoms with Gasteiger partial charge in [-0.05, 0) is 12.1 Å². The van der Waals surface area contributed by atoms with Crippen LogP contribution in [0.3, 0.4) is 0 Å². The van der Waals surface area contributed by atoms with E-state index in [9.17, 15) is 4.79 Å². The van der Waals surface area contributed by atoms with Crippen LogP contribution in [-0.2, 0) is 9.53 Å². The zero-order chi connectivity index (χ0) is 12.0. The molecule has 1 unspecified atom stereocenters. The molecule has 1 atom stereocenters. The summed E-state index contributed by atoms with van der Waals surface area (Å²) in [4.78, 5) is 12.1. The Balaban J connectivity index is 2.62. The van der Waals surface area contributed by atoms with Gasteiger partial charge in [0.05, 0.1) is 18.6 Å². The molecule has 1 aromatic carbocycles. The number of ether oxygens (including phenoxy) is 1. The Hall–Kier alpha value is -1.47. The normalized spacial score (nSPS) is 11.6. The lowest BCUT2D eigenvalue weighted by molar-refractivity contribution is -0.143. The lowest BCUT2D eigenvalue weighted by atomic mass is 10.2. The average molecular weight is 235 g/mol. The Labute approximate surface area is 99.4 Å². The maximum atomic E-state index is 11.2. The molecule has 0 saturated carbocycles. The second kappa shape index (κ2) is 6.19. The molecule has 0 fully saturated rings. The molecule has 0 aliphatic carbocycles. The summed E-state index contributed by atoms with van der Waals surface area (Å²) in [7, 11) is 1.38. The summed E-state index contributed by atoms with van der Waals surface area (Å²) < 4.78 is 4.64. The molecule has 0 bridgehead atoms. The van der Waals surface area contributed by atoms with Crippen LogP contribution < -0.4 is 0 Å². The van der Waals surface area contributed by atoms with E-state index in [-0.39, 0.29) is 11.9 Å². The van der Waals surface area contributed by atoms with Gasteiger partial charge in [-0.2, -0.15) is 5.26 Å². The Morgan fingerprint density at radius 3 is 2.88 bits per heavy atom. The van der Waals surface area contributed by atoms with Crippen molar-refractivity contribution in [2.45, 2.75) is 11.8 Å². The molecule has 1 rings (SSSR count). The van der Waals surface area contributed by atoms with E-state index in [0.717, 1.165) is 4.90 Å². The Bertz CT molecular complexity index is 412. The Morgan fingerprint density at radius 2 is 2.25 bits per heavy atom. The summed E-state index contributed by atoms with van der Waals surface area (Å²) in [6.07, 6.45) is 0. The van der Waals surface area contributed by atoms with E-state index in [0.29, 0.717) is 11.3 Å². The van der Waals surface area contributed by atoms with Crippen molar-refractivity contribution < 1.29 is 9.53 Å². The van der Waals surface area contributed by atoms with E-state index >= 15 is 0 Å². The van der Waals surface area contributed by atoms with Crippen molar-refractivity contribution in [3.05, 3.63) is 29.8 Å². The molecule has 0 amide bonds. The summed E-state index contributed by atoms with van der Waals surface area (Å²) in [6.45, 7) is 1.81. The largest absolute Gasteiger partial charge is 0.469 e. The van der Waals surface area contributed by atoms with Crippen LogP contribution in [0.1, 0.15) is 12.5 Å². The molecule has 0 radical (unpaired) electrons. The van der Waals surface area contributed by atoms with Gasteiger partial charge in [-0.1, -0.05) is 19.1 Å². The first-order chi connectivity index (χ1) is 7.69. The van der Waals surface area contributed by atoms with E-state index in [4.69, 9.17) is 5.26 Å². The van der Waals surface area contributed by atoms with Crippen molar-refractivity contribution in [3.63, 3.8) is 0 Å². The third-order valence-corrected chi connectivity index (χ3v) is 3.43. The summed E-state index contributed by atoms with van der Waals surface area (Å²) in [6, 6.07) is 9.48. The number of esters is 1. The van der Waals surface area contributed by atoms with Crippen molar-refractivity contribution in [1.29, 1.82) is 5.26 Å². The van der Waals surface area contributed by atoms with Crippen LogP contribution in [0, 0.1) is 17.2 Å². The van der Waals surface area contributed by atoms with Gasteiger partial charge in [0, 0.05) is 10.6 Å². The molecule has 16 heavy (non-hydrogen) atoms. The van der Waals surface area contributed by atoms with Gasteiger partial charge >= 0.3 is 5.97 Å². The van der Waals surface area contributed by atoms with Gasteiger partial charge in [0.25, 0.3) is 0 Å². The second-order valence-corrected chi connectivity index (χ2v) is 4.41. The fourth-order valence-corrected chi connectivity index (χ4v) is 2.18. The molecule has 84 valence electrons. The maximum Gasteiger partial charge on any atom is 0.309 e. The van der Waals surface area contributed by atoms with Crippen LogP contribution in [0.4, 0.5) is 0 Å². The van der Waals surface area contributed by atoms with E-state index in [1.807, 2.05) is 25.1 Å². The molecule has 4 heteroatoms. The fourth-order valence-electron chi connectivity index (χ4n) is 1.17. The highest BCUT2D eigenvalue weighted by Gasteiger charge is 2.14. The van der Waals surface area contributed by atoms with Gasteiger partial charge < -0.3 is 4.74 Å². The highest BCUT2D eigenvalue weighted by Crippen LogP contribution is 2.24. The number of nitriles is 1. The third kappa shape index (κ3) is 3.28. The topological polar surface area (TPSA) is 50.1 Å². The smallest absolute Gasteiger partial charge is 0.309 e. The predicted octanol–water partition coefficient (Wildman–Crippen LogP) is 2.46. The summed E-state index contributed by atoms with van der Waals surface area (Å²) in [5, 5.41) is 8.88. The number of hydrogen-bond acceptors (Lipinski definition) is 4. The third-order valence-electron chi connectivity index (χ3n) is 2.10. The predicted molar refractivity (Wildman–Crippen MR) is 63.1 cm³/mol. The molecule has 0 aliphatic rings. The van der Waals surface area contributed by atoms with Gasteiger partial charge in [-0.15, -0.1) is 11.8 Å². The number of carbonyl (C=O) groups excluding carboxylic acids is 1. The molecular formula is C12H13NO2S. The summed E-state index contributed by atoms with van der Waals surface area (Å²) >= 11 is 1.50. The van der Waals surface area contributed by atoms with Crippen molar-refractivity contribution in [3.8, 4) is 6.07 Å². The first kappa shape index (κ1) is 12.6. The van der Waals surface area contributed by atoms with Gasteiger partial charge in [0.1, 0.15) is 6.07 Å². The van der Waals surface area contributed by atoms with Crippen LogP contribution in [0.25, 0.3) is 0 Å². The highest BCUT2D eigenvalue weighted by molar-refractivity contribution is 7.99. The van der Waals surface area contributed by atoms with Crippen LogP contribution >= 0.6 is 11.8 Å². The first-order valence-corrected chi connectivity index (χ1v) is 5.87. The van der Waals surface area contributed by atoms with Crippen molar-refractivity contribution in [2.75, 3.05) is 12.9 Å². The second-order valence-electron chi connectivity index (χ2n) is 3.34. The SMILES string of the molecule is COC(=O)C(C)CSc1ccccc1C#N. The van der Waals surface area contributed by atoms with Crippen molar-refractivity contribution in [2.24, 2.45) is 5.92 Å². The zero-order valence-corrected chi connectivity index (χ0v) is 10.1. The lowest BCUT2D eigenvalue weighted by Gasteiger charge is -2.09. The number of thioether (sulfide) groups is 1. The van der Waals surface area contributed by atoms with E-state index in [1.54, 1.807) is 6.07 Å². The van der Waals surface area contributed by atoms with Gasteiger partial charge in [0.2, 0.25) is 0 Å². The van der Waals surface area contributed by atoms with E-state index < -0.39 is 0 Å². The molecule has 1 aromatic rings. The number of carbonyl (C=O) groups is 1. The molecule has 0 spiro atoms. The number of hydrogen-bond donors (Lipinski definition) is 0. The average Bonchev–Trinajstić information content (AvgIpc) is 2.35. The number of methoxy groups -OCH3 is 1. The fraction of sp³-hybridized carbons (Fsp3) is 0.333. The van der Waals surface area contributed by atoms with Gasteiger partial charge in [-0.3, -0.25) is 4.79 Å². The first-order valence-electron chi connectivity index (χ1n) is 4.88. The Morgan fingerprint density at radius 1 is 1.56 bits per heavy atom. The molecular weight excluding hydrogens is 222 g/mol. The van der Waals surface area contributed by atoms with Crippen LogP contribution in [-0.4, -0.2) is 18.8 Å². The van der Waals surface area contributed by atoms with E-state index in [2.05, 4.69) is 10.8 Å².